The lowest BCUT2D eigenvalue weighted by atomic mass is 10.1. The first-order chi connectivity index (χ1) is 13.7. The monoisotopic (exact) mass is 373 g/mol. The zero-order valence-corrected chi connectivity index (χ0v) is 15.3. The molecule has 0 aliphatic heterocycles. The minimum atomic E-state index is -0.236. The lowest BCUT2D eigenvalue weighted by Gasteiger charge is -2.09. The van der Waals surface area contributed by atoms with Gasteiger partial charge in [0.15, 0.2) is 0 Å². The fourth-order valence-electron chi connectivity index (χ4n) is 2.59. The van der Waals surface area contributed by atoms with Crippen LogP contribution >= 0.6 is 0 Å². The molecule has 1 aromatic heterocycles. The van der Waals surface area contributed by atoms with Crippen molar-refractivity contribution in [2.24, 2.45) is 0 Å². The quantitative estimate of drug-likeness (QED) is 0.660. The van der Waals surface area contributed by atoms with Crippen LogP contribution in [0.25, 0.3) is 0 Å². The molecule has 3 rings (SSSR count). The molecule has 2 N–H and O–H groups in total. The number of nitrogens with one attached hydrogen (secondary N) is 2. The van der Waals surface area contributed by atoms with Crippen molar-refractivity contribution in [2.75, 3.05) is 19.0 Å². The molecule has 0 saturated carbocycles. The molecule has 0 atom stereocenters. The van der Waals surface area contributed by atoms with E-state index in [2.05, 4.69) is 26.7 Å². The number of carbonyl (C=O) groups excluding carboxylic acids is 1. The lowest BCUT2D eigenvalue weighted by molar-refractivity contribution is 0.0953. The Hall–Kier alpha value is -3.92. The van der Waals surface area contributed by atoms with E-state index in [4.69, 9.17) is 10.00 Å². The normalized spacial score (nSPS) is 10.0. The number of hydrogen-bond donors (Lipinski definition) is 2. The molecule has 0 aliphatic rings. The Balaban J connectivity index is 1.53. The summed E-state index contributed by atoms with van der Waals surface area (Å²) >= 11 is 0. The van der Waals surface area contributed by atoms with Crippen LogP contribution in [-0.4, -0.2) is 29.5 Å². The van der Waals surface area contributed by atoms with Crippen LogP contribution in [0.4, 0.5) is 11.6 Å². The van der Waals surface area contributed by atoms with E-state index < -0.39 is 0 Å². The number of carbonyl (C=O) groups is 1. The van der Waals surface area contributed by atoms with Crippen molar-refractivity contribution in [3.63, 3.8) is 0 Å². The maximum absolute atomic E-state index is 12.3. The van der Waals surface area contributed by atoms with Gasteiger partial charge in [-0.05, 0) is 42.3 Å². The Bertz CT molecular complexity index is 979. The molecular formula is C21H19N5O2. The molecule has 0 aliphatic carbocycles. The fraction of sp³-hybridized carbons (Fsp3) is 0.143. The molecule has 7 heteroatoms. The summed E-state index contributed by atoms with van der Waals surface area (Å²) in [4.78, 5) is 20.6. The molecule has 28 heavy (non-hydrogen) atoms. The van der Waals surface area contributed by atoms with Crippen molar-refractivity contribution >= 4 is 17.5 Å². The molecule has 0 fully saturated rings. The topological polar surface area (TPSA) is 99.9 Å². The maximum atomic E-state index is 12.3. The standard InChI is InChI=1S/C21H19N5O2/c1-28-19-5-3-2-4-16(19)10-11-23-20(27)17-13-24-21(25-14-17)26-18-8-6-15(12-22)7-9-18/h2-9,13-14H,10-11H2,1H3,(H,23,27)(H,24,25,26). The predicted molar refractivity (Wildman–Crippen MR) is 106 cm³/mol. The Kier molecular flexibility index (Phi) is 6.16. The average molecular weight is 373 g/mol. The van der Waals surface area contributed by atoms with Gasteiger partial charge in [-0.15, -0.1) is 0 Å². The molecule has 140 valence electrons. The number of nitrogens with zero attached hydrogens (tertiary/aromatic N) is 3. The van der Waals surface area contributed by atoms with Gasteiger partial charge in [-0.3, -0.25) is 4.79 Å². The zero-order valence-electron chi connectivity index (χ0n) is 15.3. The number of methoxy groups -OCH3 is 1. The number of anilines is 2. The summed E-state index contributed by atoms with van der Waals surface area (Å²) in [5, 5.41) is 14.7. The number of rotatable bonds is 7. The van der Waals surface area contributed by atoms with E-state index in [1.165, 1.54) is 12.4 Å². The van der Waals surface area contributed by atoms with E-state index in [1.807, 2.05) is 24.3 Å². The molecule has 0 radical (unpaired) electrons. The number of nitriles is 1. The van der Waals surface area contributed by atoms with Gasteiger partial charge in [-0.2, -0.15) is 5.26 Å². The van der Waals surface area contributed by atoms with Crippen molar-refractivity contribution < 1.29 is 9.53 Å². The highest BCUT2D eigenvalue weighted by molar-refractivity contribution is 5.93. The van der Waals surface area contributed by atoms with Gasteiger partial charge < -0.3 is 15.4 Å². The van der Waals surface area contributed by atoms with Gasteiger partial charge in [0.1, 0.15) is 5.75 Å². The average Bonchev–Trinajstić information content (AvgIpc) is 2.75. The number of aromatic nitrogens is 2. The molecule has 0 unspecified atom stereocenters. The van der Waals surface area contributed by atoms with Crippen LogP contribution in [0.15, 0.2) is 60.9 Å². The Morgan fingerprint density at radius 2 is 1.82 bits per heavy atom. The van der Waals surface area contributed by atoms with E-state index in [-0.39, 0.29) is 5.91 Å². The van der Waals surface area contributed by atoms with Crippen LogP contribution in [0, 0.1) is 11.3 Å². The molecule has 0 bridgehead atoms. The second kappa shape index (κ2) is 9.14. The highest BCUT2D eigenvalue weighted by atomic mass is 16.5. The van der Waals surface area contributed by atoms with Crippen LogP contribution in [0.5, 0.6) is 5.75 Å². The van der Waals surface area contributed by atoms with E-state index in [0.717, 1.165) is 17.0 Å². The van der Waals surface area contributed by atoms with E-state index in [9.17, 15) is 4.79 Å². The Labute approximate surface area is 163 Å². The van der Waals surface area contributed by atoms with Crippen molar-refractivity contribution in [1.29, 1.82) is 5.26 Å². The molecule has 1 amide bonds. The summed E-state index contributed by atoms with van der Waals surface area (Å²) in [6, 6.07) is 16.7. The van der Waals surface area contributed by atoms with Crippen molar-refractivity contribution in [2.45, 2.75) is 6.42 Å². The zero-order chi connectivity index (χ0) is 19.8. The number of para-hydroxylation sites is 1. The van der Waals surface area contributed by atoms with Gasteiger partial charge in [0.2, 0.25) is 5.95 Å². The minimum Gasteiger partial charge on any atom is -0.496 e. The summed E-state index contributed by atoms with van der Waals surface area (Å²) in [6.07, 6.45) is 3.60. The Morgan fingerprint density at radius 3 is 2.50 bits per heavy atom. The first-order valence-electron chi connectivity index (χ1n) is 8.69. The first kappa shape index (κ1) is 18.9. The highest BCUT2D eigenvalue weighted by Gasteiger charge is 2.08. The van der Waals surface area contributed by atoms with Crippen LogP contribution < -0.4 is 15.4 Å². The summed E-state index contributed by atoms with van der Waals surface area (Å²) in [5.74, 6) is 0.938. The molecule has 7 nitrogen and oxygen atoms in total. The molecule has 3 aromatic rings. The summed E-state index contributed by atoms with van der Waals surface area (Å²) in [5.41, 5.74) is 2.74. The minimum absolute atomic E-state index is 0.236. The third-order valence-electron chi connectivity index (χ3n) is 4.06. The summed E-state index contributed by atoms with van der Waals surface area (Å²) in [6.45, 7) is 0.477. The number of ether oxygens (including phenoxy) is 1. The van der Waals surface area contributed by atoms with Gasteiger partial charge in [0, 0.05) is 24.6 Å². The third-order valence-corrected chi connectivity index (χ3v) is 4.06. The maximum Gasteiger partial charge on any atom is 0.254 e. The molecule has 0 spiro atoms. The number of amides is 1. The van der Waals surface area contributed by atoms with Gasteiger partial charge in [0.25, 0.3) is 5.91 Å². The van der Waals surface area contributed by atoms with E-state index in [0.29, 0.717) is 30.0 Å². The van der Waals surface area contributed by atoms with Crippen LogP contribution in [0.1, 0.15) is 21.5 Å². The number of hydrogen-bond acceptors (Lipinski definition) is 6. The lowest BCUT2D eigenvalue weighted by Crippen LogP contribution is -2.26. The predicted octanol–water partition coefficient (Wildman–Crippen LogP) is 3.07. The van der Waals surface area contributed by atoms with Crippen LogP contribution in [-0.2, 0) is 6.42 Å². The third kappa shape index (κ3) is 4.83. The van der Waals surface area contributed by atoms with Crippen molar-refractivity contribution in [3.8, 4) is 11.8 Å². The number of benzene rings is 2. The summed E-state index contributed by atoms with van der Waals surface area (Å²) in [7, 11) is 1.63. The van der Waals surface area contributed by atoms with Gasteiger partial charge >= 0.3 is 0 Å². The molecule has 1 heterocycles. The van der Waals surface area contributed by atoms with Crippen molar-refractivity contribution in [3.05, 3.63) is 77.6 Å². The van der Waals surface area contributed by atoms with E-state index >= 15 is 0 Å². The van der Waals surface area contributed by atoms with Crippen LogP contribution in [0.3, 0.4) is 0 Å². The molecule has 2 aromatic carbocycles. The second-order valence-corrected chi connectivity index (χ2v) is 5.93. The van der Waals surface area contributed by atoms with Gasteiger partial charge in [-0.25, -0.2) is 9.97 Å². The molecular weight excluding hydrogens is 354 g/mol. The van der Waals surface area contributed by atoms with Gasteiger partial charge in [-0.1, -0.05) is 18.2 Å². The second-order valence-electron chi connectivity index (χ2n) is 5.93. The largest absolute Gasteiger partial charge is 0.496 e. The fourth-order valence-corrected chi connectivity index (χ4v) is 2.59. The molecule has 0 saturated heterocycles. The van der Waals surface area contributed by atoms with E-state index in [1.54, 1.807) is 31.4 Å². The van der Waals surface area contributed by atoms with Crippen molar-refractivity contribution in [1.82, 2.24) is 15.3 Å². The van der Waals surface area contributed by atoms with Crippen LogP contribution in [0.2, 0.25) is 0 Å². The SMILES string of the molecule is COc1ccccc1CCNC(=O)c1cnc(Nc2ccc(C#N)cc2)nc1. The first-order valence-corrected chi connectivity index (χ1v) is 8.69. The van der Waals surface area contributed by atoms with Gasteiger partial charge in [0.05, 0.1) is 24.3 Å². The highest BCUT2D eigenvalue weighted by Crippen LogP contribution is 2.17. The smallest absolute Gasteiger partial charge is 0.254 e. The summed E-state index contributed by atoms with van der Waals surface area (Å²) < 4.78 is 5.31. The Morgan fingerprint density at radius 1 is 1.11 bits per heavy atom.